The topological polar surface area (TPSA) is 17.1 Å². The van der Waals surface area contributed by atoms with Crippen LogP contribution in [0.3, 0.4) is 0 Å². The Hall–Kier alpha value is -1.82. The number of rotatable bonds is 1. The van der Waals surface area contributed by atoms with E-state index in [4.69, 9.17) is 11.6 Å². The molecular weight excluding hydrogens is 299 g/mol. The van der Waals surface area contributed by atoms with E-state index in [9.17, 15) is 4.57 Å². The van der Waals surface area contributed by atoms with Crippen LogP contribution in [0.1, 0.15) is 0 Å². The van der Waals surface area contributed by atoms with E-state index in [-0.39, 0.29) is 0 Å². The fraction of sp³-hybridized carbons (Fsp3) is 0. The predicted octanol–water partition coefficient (Wildman–Crippen LogP) is 3.96. The molecule has 1 heterocycles. The van der Waals surface area contributed by atoms with Gasteiger partial charge in [0.05, 0.1) is 0 Å². The van der Waals surface area contributed by atoms with Gasteiger partial charge in [-0.1, -0.05) is 78.3 Å². The molecule has 4 rings (SSSR count). The molecule has 0 aliphatic carbocycles. The lowest BCUT2D eigenvalue weighted by atomic mass is 10.1. The lowest BCUT2D eigenvalue weighted by Crippen LogP contribution is -2.20. The first kappa shape index (κ1) is 12.9. The van der Waals surface area contributed by atoms with E-state index in [1.165, 1.54) is 0 Å². The van der Waals surface area contributed by atoms with Crippen LogP contribution in [-0.4, -0.2) is 0 Å². The van der Waals surface area contributed by atoms with Crippen molar-refractivity contribution in [3.63, 3.8) is 0 Å². The van der Waals surface area contributed by atoms with Gasteiger partial charge < -0.3 is 4.57 Å². The van der Waals surface area contributed by atoms with Gasteiger partial charge in [-0.25, -0.2) is 0 Å². The van der Waals surface area contributed by atoms with Crippen molar-refractivity contribution in [2.75, 3.05) is 0 Å². The molecule has 0 fully saturated rings. The molecule has 1 nitrogen and oxygen atoms in total. The molecule has 0 bridgehead atoms. The first-order valence-electron chi connectivity index (χ1n) is 6.77. The summed E-state index contributed by atoms with van der Waals surface area (Å²) in [6.07, 6.45) is 0. The molecule has 0 saturated carbocycles. The molecule has 102 valence electrons. The van der Waals surface area contributed by atoms with Gasteiger partial charge >= 0.3 is 0 Å². The molecule has 1 aliphatic rings. The van der Waals surface area contributed by atoms with Crippen LogP contribution >= 0.6 is 18.7 Å². The second-order valence-electron chi connectivity index (χ2n) is 5.10. The zero-order valence-corrected chi connectivity index (χ0v) is 12.8. The van der Waals surface area contributed by atoms with Gasteiger partial charge in [-0.3, -0.25) is 0 Å². The van der Waals surface area contributed by atoms with Gasteiger partial charge in [-0.15, -0.1) is 0 Å². The third-order valence-electron chi connectivity index (χ3n) is 3.96. The van der Waals surface area contributed by atoms with E-state index in [2.05, 4.69) is 0 Å². The summed E-state index contributed by atoms with van der Waals surface area (Å²) < 4.78 is 14.0. The summed E-state index contributed by atoms with van der Waals surface area (Å²) in [4.78, 5) is 0. The highest BCUT2D eigenvalue weighted by Crippen LogP contribution is 2.53. The third-order valence-corrected chi connectivity index (χ3v) is 7.42. The largest absolute Gasteiger partial charge is 0.309 e. The summed E-state index contributed by atoms with van der Waals surface area (Å²) in [5.41, 5.74) is 1.91. The summed E-state index contributed by atoms with van der Waals surface area (Å²) in [6, 6.07) is 23.2. The number of fused-ring (bicyclic) bond motifs is 3. The highest BCUT2D eigenvalue weighted by atomic mass is 35.5. The number of benzene rings is 3. The molecule has 0 saturated heterocycles. The van der Waals surface area contributed by atoms with Crippen molar-refractivity contribution in [3.05, 3.63) is 77.8 Å². The average Bonchev–Trinajstić information content (AvgIpc) is 2.81. The van der Waals surface area contributed by atoms with Crippen LogP contribution in [0.25, 0.3) is 11.1 Å². The summed E-state index contributed by atoms with van der Waals surface area (Å²) in [7, 11) is -2.81. The molecule has 1 aliphatic heterocycles. The van der Waals surface area contributed by atoms with Crippen LogP contribution < -0.4 is 15.9 Å². The van der Waals surface area contributed by atoms with Gasteiger partial charge in [-0.2, -0.15) is 0 Å². The lowest BCUT2D eigenvalue weighted by Gasteiger charge is -2.15. The van der Waals surface area contributed by atoms with Crippen LogP contribution in [0.4, 0.5) is 0 Å². The fourth-order valence-electron chi connectivity index (χ4n) is 3.05. The number of halogens is 1. The van der Waals surface area contributed by atoms with Crippen molar-refractivity contribution in [1.82, 2.24) is 0 Å². The van der Waals surface area contributed by atoms with E-state index in [1.54, 1.807) is 0 Å². The highest BCUT2D eigenvalue weighted by molar-refractivity contribution is 7.86. The molecule has 0 amide bonds. The maximum atomic E-state index is 14.0. The Kier molecular flexibility index (Phi) is 2.82. The van der Waals surface area contributed by atoms with Crippen LogP contribution in [0.2, 0.25) is 5.02 Å². The minimum absolute atomic E-state index is 0.661. The molecule has 0 N–H and O–H groups in total. The van der Waals surface area contributed by atoms with Crippen molar-refractivity contribution in [3.8, 4) is 11.1 Å². The van der Waals surface area contributed by atoms with Crippen molar-refractivity contribution in [2.45, 2.75) is 0 Å². The SMILES string of the molecule is O=P1(c2ccccc2)c2ccccc2-c2c(Cl)cccc21. The first-order valence-corrected chi connectivity index (χ1v) is 8.86. The Morgan fingerprint density at radius 2 is 1.38 bits per heavy atom. The Bertz CT molecular complexity index is 887. The van der Waals surface area contributed by atoms with Gasteiger partial charge in [0, 0.05) is 26.5 Å². The molecule has 0 spiro atoms. The van der Waals surface area contributed by atoms with Crippen molar-refractivity contribution >= 4 is 34.7 Å². The van der Waals surface area contributed by atoms with Gasteiger partial charge in [0.2, 0.25) is 0 Å². The summed E-state index contributed by atoms with van der Waals surface area (Å²) in [5, 5.41) is 3.26. The molecule has 0 radical (unpaired) electrons. The van der Waals surface area contributed by atoms with Crippen LogP contribution in [0.5, 0.6) is 0 Å². The smallest absolute Gasteiger partial charge is 0.172 e. The molecule has 1 atom stereocenters. The van der Waals surface area contributed by atoms with E-state index in [0.29, 0.717) is 5.02 Å². The van der Waals surface area contributed by atoms with E-state index >= 15 is 0 Å². The Morgan fingerprint density at radius 1 is 0.714 bits per heavy atom. The quantitative estimate of drug-likeness (QED) is 0.486. The second kappa shape index (κ2) is 4.59. The standard InChI is InChI=1S/C18H12ClOP/c19-15-10-6-12-17-18(15)14-9-4-5-11-16(14)21(17,20)13-7-2-1-3-8-13/h1-12H. The third kappa shape index (κ3) is 1.68. The van der Waals surface area contributed by atoms with Gasteiger partial charge in [0.15, 0.2) is 7.14 Å². The van der Waals surface area contributed by atoms with Crippen molar-refractivity contribution < 1.29 is 4.57 Å². The average molecular weight is 311 g/mol. The van der Waals surface area contributed by atoms with Crippen LogP contribution in [0, 0.1) is 0 Å². The summed E-state index contributed by atoms with van der Waals surface area (Å²) >= 11 is 6.39. The van der Waals surface area contributed by atoms with Gasteiger partial charge in [0.25, 0.3) is 0 Å². The number of hydrogen-bond donors (Lipinski definition) is 0. The van der Waals surface area contributed by atoms with Crippen molar-refractivity contribution in [1.29, 1.82) is 0 Å². The zero-order chi connectivity index (χ0) is 14.4. The monoisotopic (exact) mass is 310 g/mol. The molecule has 0 aromatic heterocycles. The molecule has 3 aromatic carbocycles. The maximum absolute atomic E-state index is 14.0. The molecule has 3 heteroatoms. The minimum atomic E-state index is -2.81. The summed E-state index contributed by atoms with van der Waals surface area (Å²) in [6.45, 7) is 0. The Morgan fingerprint density at radius 3 is 2.19 bits per heavy atom. The first-order chi connectivity index (χ1) is 10.2. The van der Waals surface area contributed by atoms with Crippen molar-refractivity contribution in [2.24, 2.45) is 0 Å². The number of hydrogen-bond acceptors (Lipinski definition) is 1. The van der Waals surface area contributed by atoms with E-state index in [1.807, 2.05) is 72.8 Å². The summed E-state index contributed by atoms with van der Waals surface area (Å²) in [5.74, 6) is 0. The van der Waals surface area contributed by atoms with E-state index in [0.717, 1.165) is 27.0 Å². The maximum Gasteiger partial charge on any atom is 0.172 e. The minimum Gasteiger partial charge on any atom is -0.309 e. The highest BCUT2D eigenvalue weighted by Gasteiger charge is 2.40. The van der Waals surface area contributed by atoms with Gasteiger partial charge in [0.1, 0.15) is 0 Å². The molecule has 3 aromatic rings. The lowest BCUT2D eigenvalue weighted by molar-refractivity contribution is 0.593. The molecule has 1 unspecified atom stereocenters. The van der Waals surface area contributed by atoms with Crippen LogP contribution in [-0.2, 0) is 4.57 Å². The Labute approximate surface area is 128 Å². The van der Waals surface area contributed by atoms with E-state index < -0.39 is 7.14 Å². The van der Waals surface area contributed by atoms with Gasteiger partial charge in [-0.05, 0) is 11.6 Å². The second-order valence-corrected chi connectivity index (χ2v) is 8.20. The normalized spacial score (nSPS) is 19.1. The fourth-order valence-corrected chi connectivity index (χ4v) is 6.47. The predicted molar refractivity (Wildman–Crippen MR) is 89.8 cm³/mol. The molecular formula is C18H12ClOP. The zero-order valence-electron chi connectivity index (χ0n) is 11.2. The van der Waals surface area contributed by atoms with Crippen LogP contribution in [0.15, 0.2) is 72.8 Å². The Balaban J connectivity index is 2.16. The molecule has 21 heavy (non-hydrogen) atoms.